The summed E-state index contributed by atoms with van der Waals surface area (Å²) in [7, 11) is 0. The third-order valence-corrected chi connectivity index (χ3v) is 4.54. The number of fused-ring (bicyclic) bond motifs is 1. The monoisotopic (exact) mass is 196 g/mol. The molecule has 0 amide bonds. The molecule has 0 aromatic rings. The van der Waals surface area contributed by atoms with Gasteiger partial charge in [0, 0.05) is 0 Å². The minimum atomic E-state index is -0.0159. The summed E-state index contributed by atoms with van der Waals surface area (Å²) in [5.41, 5.74) is 0. The third kappa shape index (κ3) is 2.13. The molecular formula is C13H24O. The Bertz CT molecular complexity index is 178. The zero-order chi connectivity index (χ0) is 9.97. The van der Waals surface area contributed by atoms with Crippen LogP contribution in [0.3, 0.4) is 0 Å². The van der Waals surface area contributed by atoms with Crippen molar-refractivity contribution in [2.24, 2.45) is 17.8 Å². The molecule has 4 atom stereocenters. The second-order valence-electron chi connectivity index (χ2n) is 5.35. The molecule has 4 unspecified atom stereocenters. The molecule has 0 bridgehead atoms. The van der Waals surface area contributed by atoms with Gasteiger partial charge in [-0.3, -0.25) is 0 Å². The summed E-state index contributed by atoms with van der Waals surface area (Å²) in [6.45, 7) is 2.11. The lowest BCUT2D eigenvalue weighted by atomic mass is 9.66. The Kier molecular flexibility index (Phi) is 3.48. The minimum Gasteiger partial charge on any atom is -0.393 e. The summed E-state index contributed by atoms with van der Waals surface area (Å²) in [5.74, 6) is 2.60. The van der Waals surface area contributed by atoms with Gasteiger partial charge in [-0.05, 0) is 43.4 Å². The predicted octanol–water partition coefficient (Wildman–Crippen LogP) is 3.36. The Morgan fingerprint density at radius 3 is 2.50 bits per heavy atom. The van der Waals surface area contributed by atoms with E-state index in [0.29, 0.717) is 5.92 Å². The topological polar surface area (TPSA) is 20.2 Å². The fourth-order valence-corrected chi connectivity index (χ4v) is 3.59. The summed E-state index contributed by atoms with van der Waals surface area (Å²) in [6.07, 6.45) is 10.7. The molecule has 2 rings (SSSR count). The number of hydrogen-bond acceptors (Lipinski definition) is 1. The van der Waals surface area contributed by atoms with Crippen LogP contribution >= 0.6 is 0 Å². The van der Waals surface area contributed by atoms with Gasteiger partial charge in [-0.1, -0.05) is 32.6 Å². The van der Waals surface area contributed by atoms with Crippen LogP contribution in [0.2, 0.25) is 0 Å². The fraction of sp³-hybridized carbons (Fsp3) is 1.00. The van der Waals surface area contributed by atoms with E-state index in [-0.39, 0.29) is 6.10 Å². The Morgan fingerprint density at radius 2 is 1.79 bits per heavy atom. The quantitative estimate of drug-likeness (QED) is 0.718. The summed E-state index contributed by atoms with van der Waals surface area (Å²) in [5, 5.41) is 9.87. The van der Waals surface area contributed by atoms with Crippen molar-refractivity contribution in [2.75, 3.05) is 0 Å². The van der Waals surface area contributed by atoms with E-state index in [1.807, 2.05) is 0 Å². The maximum absolute atomic E-state index is 9.87. The molecule has 0 aromatic carbocycles. The molecule has 1 N–H and O–H groups in total. The Morgan fingerprint density at radius 1 is 1.07 bits per heavy atom. The van der Waals surface area contributed by atoms with Crippen molar-refractivity contribution >= 4 is 0 Å². The van der Waals surface area contributed by atoms with Crippen LogP contribution in [0.25, 0.3) is 0 Å². The number of aliphatic hydroxyl groups excluding tert-OH is 1. The Balaban J connectivity index is 1.89. The molecule has 0 aliphatic heterocycles. The SMILES string of the molecule is CCC(O)C1CCC2CCCCC2C1. The molecule has 0 saturated heterocycles. The van der Waals surface area contributed by atoms with Gasteiger partial charge in [0.05, 0.1) is 6.10 Å². The van der Waals surface area contributed by atoms with Gasteiger partial charge >= 0.3 is 0 Å². The van der Waals surface area contributed by atoms with E-state index in [1.54, 1.807) is 0 Å². The molecule has 2 aliphatic carbocycles. The number of aliphatic hydroxyl groups is 1. The van der Waals surface area contributed by atoms with Crippen molar-refractivity contribution in [1.82, 2.24) is 0 Å². The first kappa shape index (κ1) is 10.5. The van der Waals surface area contributed by atoms with Gasteiger partial charge < -0.3 is 5.11 Å². The van der Waals surface area contributed by atoms with Crippen LogP contribution in [0.1, 0.15) is 58.3 Å². The summed E-state index contributed by atoms with van der Waals surface area (Å²) >= 11 is 0. The summed E-state index contributed by atoms with van der Waals surface area (Å²) < 4.78 is 0. The normalized spacial score (nSPS) is 40.3. The van der Waals surface area contributed by atoms with E-state index in [4.69, 9.17) is 0 Å². The largest absolute Gasteiger partial charge is 0.393 e. The second kappa shape index (κ2) is 4.65. The van der Waals surface area contributed by atoms with E-state index in [0.717, 1.165) is 18.3 Å². The smallest absolute Gasteiger partial charge is 0.0565 e. The highest BCUT2D eigenvalue weighted by molar-refractivity contribution is 4.85. The number of hydrogen-bond donors (Lipinski definition) is 1. The van der Waals surface area contributed by atoms with E-state index in [1.165, 1.54) is 44.9 Å². The van der Waals surface area contributed by atoms with Crippen LogP contribution in [0.4, 0.5) is 0 Å². The molecule has 2 aliphatic rings. The molecule has 0 spiro atoms. The van der Waals surface area contributed by atoms with E-state index in [9.17, 15) is 5.11 Å². The lowest BCUT2D eigenvalue weighted by Gasteiger charge is -2.40. The average molecular weight is 196 g/mol. The van der Waals surface area contributed by atoms with Crippen molar-refractivity contribution in [3.8, 4) is 0 Å². The predicted molar refractivity (Wildman–Crippen MR) is 59.1 cm³/mol. The lowest BCUT2D eigenvalue weighted by molar-refractivity contribution is 0.0339. The van der Waals surface area contributed by atoms with E-state index in [2.05, 4.69) is 6.92 Å². The van der Waals surface area contributed by atoms with Crippen LogP contribution < -0.4 is 0 Å². The van der Waals surface area contributed by atoms with E-state index >= 15 is 0 Å². The van der Waals surface area contributed by atoms with Crippen molar-refractivity contribution in [2.45, 2.75) is 64.4 Å². The van der Waals surface area contributed by atoms with Crippen LogP contribution in [0, 0.1) is 17.8 Å². The molecule has 1 nitrogen and oxygen atoms in total. The standard InChI is InChI=1S/C13H24O/c1-2-13(14)12-8-7-10-5-3-4-6-11(10)9-12/h10-14H,2-9H2,1H3. The molecule has 1 heteroatoms. The highest BCUT2D eigenvalue weighted by atomic mass is 16.3. The van der Waals surface area contributed by atoms with Gasteiger partial charge in [-0.15, -0.1) is 0 Å². The number of rotatable bonds is 2. The first-order valence-electron chi connectivity index (χ1n) is 6.49. The Hall–Kier alpha value is -0.0400. The third-order valence-electron chi connectivity index (χ3n) is 4.54. The van der Waals surface area contributed by atoms with E-state index < -0.39 is 0 Å². The highest BCUT2D eigenvalue weighted by Gasteiger charge is 2.34. The molecule has 14 heavy (non-hydrogen) atoms. The summed E-state index contributed by atoms with van der Waals surface area (Å²) in [4.78, 5) is 0. The second-order valence-corrected chi connectivity index (χ2v) is 5.35. The zero-order valence-electron chi connectivity index (χ0n) is 9.41. The zero-order valence-corrected chi connectivity index (χ0v) is 9.41. The highest BCUT2D eigenvalue weighted by Crippen LogP contribution is 2.43. The first-order valence-corrected chi connectivity index (χ1v) is 6.49. The van der Waals surface area contributed by atoms with Gasteiger partial charge in [-0.25, -0.2) is 0 Å². The van der Waals surface area contributed by atoms with Crippen LogP contribution in [-0.4, -0.2) is 11.2 Å². The lowest BCUT2D eigenvalue weighted by Crippen LogP contribution is -2.32. The molecule has 0 aromatic heterocycles. The molecule has 0 radical (unpaired) electrons. The van der Waals surface area contributed by atoms with Crippen molar-refractivity contribution in [1.29, 1.82) is 0 Å². The molecule has 2 fully saturated rings. The maximum Gasteiger partial charge on any atom is 0.0565 e. The molecule has 2 saturated carbocycles. The van der Waals surface area contributed by atoms with Crippen molar-refractivity contribution < 1.29 is 5.11 Å². The molecular weight excluding hydrogens is 172 g/mol. The van der Waals surface area contributed by atoms with Crippen LogP contribution in [-0.2, 0) is 0 Å². The van der Waals surface area contributed by atoms with Crippen LogP contribution in [0.15, 0.2) is 0 Å². The minimum absolute atomic E-state index is 0.0159. The van der Waals surface area contributed by atoms with Gasteiger partial charge in [0.15, 0.2) is 0 Å². The average Bonchev–Trinajstić information content (AvgIpc) is 2.27. The van der Waals surface area contributed by atoms with Gasteiger partial charge in [0.2, 0.25) is 0 Å². The first-order chi connectivity index (χ1) is 6.81. The van der Waals surface area contributed by atoms with Gasteiger partial charge in [0.25, 0.3) is 0 Å². The fourth-order valence-electron chi connectivity index (χ4n) is 3.59. The van der Waals surface area contributed by atoms with Gasteiger partial charge in [-0.2, -0.15) is 0 Å². The Labute approximate surface area is 87.9 Å². The van der Waals surface area contributed by atoms with Crippen molar-refractivity contribution in [3.63, 3.8) is 0 Å². The van der Waals surface area contributed by atoms with Crippen LogP contribution in [0.5, 0.6) is 0 Å². The summed E-state index contributed by atoms with van der Waals surface area (Å²) in [6, 6.07) is 0. The maximum atomic E-state index is 9.87. The van der Waals surface area contributed by atoms with Crippen molar-refractivity contribution in [3.05, 3.63) is 0 Å². The molecule has 82 valence electrons. The van der Waals surface area contributed by atoms with Gasteiger partial charge in [0.1, 0.15) is 0 Å². The molecule has 0 heterocycles.